The summed E-state index contributed by atoms with van der Waals surface area (Å²) in [6.07, 6.45) is 1.68. The maximum Gasteiger partial charge on any atom is 0.244 e. The number of carbonyl (C=O) groups excluding carboxylic acids is 1. The number of carbonyl (C=O) groups is 1. The van der Waals surface area contributed by atoms with Gasteiger partial charge in [-0.05, 0) is 40.0 Å². The number of hydrogen-bond acceptors (Lipinski definition) is 1. The van der Waals surface area contributed by atoms with Crippen LogP contribution in [0.5, 0.6) is 0 Å². The molecule has 3 aromatic carbocycles. The first-order chi connectivity index (χ1) is 11.2. The second-order valence-electron chi connectivity index (χ2n) is 5.51. The molecule has 0 aliphatic heterocycles. The van der Waals surface area contributed by atoms with Gasteiger partial charge in [0.25, 0.3) is 0 Å². The summed E-state index contributed by atoms with van der Waals surface area (Å²) < 4.78 is 0. The molecular weight excluding hydrogens is 282 g/mol. The third-order valence-corrected chi connectivity index (χ3v) is 4.04. The zero-order valence-corrected chi connectivity index (χ0v) is 13.3. The summed E-state index contributed by atoms with van der Waals surface area (Å²) in [5, 5.41) is 5.00. The first-order valence-corrected chi connectivity index (χ1v) is 7.68. The van der Waals surface area contributed by atoms with Gasteiger partial charge in [-0.1, -0.05) is 66.7 Å². The minimum absolute atomic E-state index is 0.101. The van der Waals surface area contributed by atoms with Crippen LogP contribution in [-0.2, 0) is 4.79 Å². The Morgan fingerprint density at radius 1 is 0.870 bits per heavy atom. The fourth-order valence-corrected chi connectivity index (χ4v) is 2.84. The molecule has 0 radical (unpaired) electrons. The molecule has 0 spiro atoms. The Balaban J connectivity index is 2.29. The standard InChI is InChI=1S/C21H19NO/c1-15-8-3-5-11-17(15)20(14-21(23)22-2)19-13-7-10-16-9-4-6-12-18(16)19/h3-14H,1-2H3,(H,22,23). The Bertz CT molecular complexity index is 888. The summed E-state index contributed by atoms with van der Waals surface area (Å²) in [5.74, 6) is -0.101. The molecule has 2 nitrogen and oxygen atoms in total. The van der Waals surface area contributed by atoms with E-state index in [2.05, 4.69) is 48.6 Å². The number of rotatable bonds is 3. The molecule has 1 amide bonds. The van der Waals surface area contributed by atoms with Gasteiger partial charge < -0.3 is 5.32 Å². The molecular formula is C21H19NO. The van der Waals surface area contributed by atoms with E-state index in [1.807, 2.05) is 30.3 Å². The van der Waals surface area contributed by atoms with Crippen LogP contribution in [0.2, 0.25) is 0 Å². The molecule has 114 valence electrons. The summed E-state index contributed by atoms with van der Waals surface area (Å²) >= 11 is 0. The quantitative estimate of drug-likeness (QED) is 0.717. The molecule has 0 saturated heterocycles. The van der Waals surface area contributed by atoms with Crippen molar-refractivity contribution < 1.29 is 4.79 Å². The monoisotopic (exact) mass is 301 g/mol. The molecule has 0 aliphatic rings. The number of likely N-dealkylation sites (N-methyl/N-ethyl adjacent to an activating group) is 1. The predicted octanol–water partition coefficient (Wildman–Crippen LogP) is 4.33. The Morgan fingerprint density at radius 3 is 2.30 bits per heavy atom. The van der Waals surface area contributed by atoms with Crippen molar-refractivity contribution in [3.8, 4) is 0 Å². The molecule has 0 fully saturated rings. The third kappa shape index (κ3) is 3.02. The first kappa shape index (κ1) is 15.0. The summed E-state index contributed by atoms with van der Waals surface area (Å²) in [4.78, 5) is 12.0. The highest BCUT2D eigenvalue weighted by Gasteiger charge is 2.12. The Labute approximate surface area is 136 Å². The largest absolute Gasteiger partial charge is 0.356 e. The number of fused-ring (bicyclic) bond motifs is 1. The molecule has 0 aromatic heterocycles. The SMILES string of the molecule is CNC(=O)C=C(c1ccccc1C)c1cccc2ccccc12. The Morgan fingerprint density at radius 2 is 1.52 bits per heavy atom. The van der Waals surface area contributed by atoms with Crippen molar-refractivity contribution >= 4 is 22.3 Å². The Hall–Kier alpha value is -2.87. The summed E-state index contributed by atoms with van der Waals surface area (Å²) in [6.45, 7) is 2.07. The number of benzene rings is 3. The van der Waals surface area contributed by atoms with E-state index >= 15 is 0 Å². The van der Waals surface area contributed by atoms with Gasteiger partial charge in [-0.15, -0.1) is 0 Å². The lowest BCUT2D eigenvalue weighted by Gasteiger charge is -2.14. The van der Waals surface area contributed by atoms with Crippen molar-refractivity contribution in [3.63, 3.8) is 0 Å². The van der Waals surface area contributed by atoms with E-state index in [0.717, 1.165) is 27.6 Å². The zero-order valence-electron chi connectivity index (χ0n) is 13.3. The highest BCUT2D eigenvalue weighted by atomic mass is 16.1. The normalized spacial score (nSPS) is 11.5. The lowest BCUT2D eigenvalue weighted by atomic mass is 9.90. The van der Waals surface area contributed by atoms with E-state index in [9.17, 15) is 4.79 Å². The first-order valence-electron chi connectivity index (χ1n) is 7.68. The van der Waals surface area contributed by atoms with Gasteiger partial charge in [0, 0.05) is 13.1 Å². The van der Waals surface area contributed by atoms with Crippen LogP contribution in [0, 0.1) is 6.92 Å². The van der Waals surface area contributed by atoms with Gasteiger partial charge in [0.2, 0.25) is 5.91 Å². The van der Waals surface area contributed by atoms with E-state index in [0.29, 0.717) is 0 Å². The van der Waals surface area contributed by atoms with Gasteiger partial charge in [-0.25, -0.2) is 0 Å². The van der Waals surface area contributed by atoms with Crippen molar-refractivity contribution in [1.29, 1.82) is 0 Å². The number of amides is 1. The van der Waals surface area contributed by atoms with Gasteiger partial charge in [-0.2, -0.15) is 0 Å². The average Bonchev–Trinajstić information content (AvgIpc) is 2.60. The van der Waals surface area contributed by atoms with Crippen LogP contribution in [-0.4, -0.2) is 13.0 Å². The molecule has 0 bridgehead atoms. The van der Waals surface area contributed by atoms with Gasteiger partial charge in [-0.3, -0.25) is 4.79 Å². The highest BCUT2D eigenvalue weighted by molar-refractivity contribution is 6.05. The maximum absolute atomic E-state index is 12.0. The minimum Gasteiger partial charge on any atom is -0.356 e. The average molecular weight is 301 g/mol. The van der Waals surface area contributed by atoms with Crippen molar-refractivity contribution in [2.75, 3.05) is 7.05 Å². The number of aryl methyl sites for hydroxylation is 1. The van der Waals surface area contributed by atoms with E-state index in [-0.39, 0.29) is 5.91 Å². The summed E-state index contributed by atoms with van der Waals surface area (Å²) in [5.41, 5.74) is 4.24. The molecule has 3 rings (SSSR count). The van der Waals surface area contributed by atoms with Crippen LogP contribution in [0.1, 0.15) is 16.7 Å². The molecule has 1 N–H and O–H groups in total. The highest BCUT2D eigenvalue weighted by Crippen LogP contribution is 2.31. The van der Waals surface area contributed by atoms with Crippen LogP contribution in [0.15, 0.2) is 72.8 Å². The predicted molar refractivity (Wildman–Crippen MR) is 96.3 cm³/mol. The van der Waals surface area contributed by atoms with Crippen molar-refractivity contribution in [2.45, 2.75) is 6.92 Å². The summed E-state index contributed by atoms with van der Waals surface area (Å²) in [6, 6.07) is 22.6. The fourth-order valence-electron chi connectivity index (χ4n) is 2.84. The lowest BCUT2D eigenvalue weighted by molar-refractivity contribution is -0.116. The van der Waals surface area contributed by atoms with Gasteiger partial charge >= 0.3 is 0 Å². The van der Waals surface area contributed by atoms with Crippen LogP contribution < -0.4 is 5.32 Å². The second kappa shape index (κ2) is 6.49. The third-order valence-electron chi connectivity index (χ3n) is 4.04. The lowest BCUT2D eigenvalue weighted by Crippen LogP contribution is -2.15. The van der Waals surface area contributed by atoms with Crippen LogP contribution >= 0.6 is 0 Å². The van der Waals surface area contributed by atoms with E-state index in [1.165, 1.54) is 5.39 Å². The van der Waals surface area contributed by atoms with Gasteiger partial charge in [0.1, 0.15) is 0 Å². The molecule has 0 heterocycles. The van der Waals surface area contributed by atoms with E-state index in [1.54, 1.807) is 13.1 Å². The van der Waals surface area contributed by atoms with Gasteiger partial charge in [0.15, 0.2) is 0 Å². The van der Waals surface area contributed by atoms with Crippen molar-refractivity contribution in [3.05, 3.63) is 89.5 Å². The van der Waals surface area contributed by atoms with E-state index < -0.39 is 0 Å². The fraction of sp³-hybridized carbons (Fsp3) is 0.0952. The van der Waals surface area contributed by atoms with Crippen molar-refractivity contribution in [1.82, 2.24) is 5.32 Å². The number of nitrogens with one attached hydrogen (secondary N) is 1. The maximum atomic E-state index is 12.0. The summed E-state index contributed by atoms with van der Waals surface area (Å²) in [7, 11) is 1.65. The molecule has 0 aliphatic carbocycles. The molecule has 0 unspecified atom stereocenters. The number of hydrogen-bond donors (Lipinski definition) is 1. The van der Waals surface area contributed by atoms with Crippen LogP contribution in [0.4, 0.5) is 0 Å². The van der Waals surface area contributed by atoms with Crippen LogP contribution in [0.25, 0.3) is 16.3 Å². The molecule has 23 heavy (non-hydrogen) atoms. The smallest absolute Gasteiger partial charge is 0.244 e. The molecule has 0 saturated carbocycles. The Kier molecular flexibility index (Phi) is 4.24. The van der Waals surface area contributed by atoms with Crippen LogP contribution in [0.3, 0.4) is 0 Å². The molecule has 2 heteroatoms. The molecule has 0 atom stereocenters. The topological polar surface area (TPSA) is 29.1 Å². The van der Waals surface area contributed by atoms with Gasteiger partial charge in [0.05, 0.1) is 0 Å². The molecule has 3 aromatic rings. The van der Waals surface area contributed by atoms with Crippen molar-refractivity contribution in [2.24, 2.45) is 0 Å². The van der Waals surface area contributed by atoms with E-state index in [4.69, 9.17) is 0 Å². The second-order valence-corrected chi connectivity index (χ2v) is 5.51. The zero-order chi connectivity index (χ0) is 16.2. The minimum atomic E-state index is -0.101.